The Hall–Kier alpha value is -0.160. The molecule has 4 nitrogen and oxygen atoms in total. The fourth-order valence-electron chi connectivity index (χ4n) is 3.13. The molecule has 3 atom stereocenters. The predicted molar refractivity (Wildman–Crippen MR) is 76.8 cm³/mol. The minimum atomic E-state index is 0.763. The van der Waals surface area contributed by atoms with Crippen molar-refractivity contribution in [3.8, 4) is 0 Å². The van der Waals surface area contributed by atoms with Gasteiger partial charge in [0.25, 0.3) is 0 Å². The predicted octanol–water partition coefficient (Wildman–Crippen LogP) is 0.110. The summed E-state index contributed by atoms with van der Waals surface area (Å²) in [6.45, 7) is 13.4. The second-order valence-electron chi connectivity index (χ2n) is 6.26. The minimum absolute atomic E-state index is 0.763. The SMILES string of the molecule is CC1CCNCCN2CCCNCC[N+]1(C)CC2. The van der Waals surface area contributed by atoms with E-state index in [2.05, 4.69) is 29.5 Å². The van der Waals surface area contributed by atoms with Crippen molar-refractivity contribution < 1.29 is 4.48 Å². The fourth-order valence-corrected chi connectivity index (χ4v) is 3.13. The summed E-state index contributed by atoms with van der Waals surface area (Å²) in [5, 5.41) is 7.22. The van der Waals surface area contributed by atoms with E-state index in [4.69, 9.17) is 0 Å². The van der Waals surface area contributed by atoms with Gasteiger partial charge < -0.3 is 15.1 Å². The summed E-state index contributed by atoms with van der Waals surface area (Å²) >= 11 is 0. The lowest BCUT2D eigenvalue weighted by atomic mass is 10.1. The highest BCUT2D eigenvalue weighted by Crippen LogP contribution is 2.14. The van der Waals surface area contributed by atoms with E-state index in [0.717, 1.165) is 12.6 Å². The van der Waals surface area contributed by atoms with Crippen LogP contribution >= 0.6 is 0 Å². The van der Waals surface area contributed by atoms with Crippen LogP contribution in [-0.2, 0) is 0 Å². The number of hydrogen-bond donors (Lipinski definition) is 2. The van der Waals surface area contributed by atoms with Crippen LogP contribution in [0.2, 0.25) is 0 Å². The number of rotatable bonds is 0. The Morgan fingerprint density at radius 1 is 0.944 bits per heavy atom. The summed E-state index contributed by atoms with van der Waals surface area (Å²) in [6.07, 6.45) is 2.59. The van der Waals surface area contributed by atoms with Crippen LogP contribution in [0.1, 0.15) is 19.8 Å². The molecule has 0 amide bonds. The Balaban J connectivity index is 2.06. The maximum absolute atomic E-state index is 3.61. The average molecular weight is 255 g/mol. The molecule has 0 radical (unpaired) electrons. The molecule has 0 saturated carbocycles. The molecule has 2 heterocycles. The van der Waals surface area contributed by atoms with Crippen LogP contribution in [0.15, 0.2) is 0 Å². The van der Waals surface area contributed by atoms with Gasteiger partial charge in [0.15, 0.2) is 0 Å². The number of nitrogens with one attached hydrogen (secondary N) is 2. The Labute approximate surface area is 112 Å². The standard InChI is InChI=1S/C14H31N4/c1-14-4-6-16-7-10-17-9-3-5-15-8-12-18(14,2)13-11-17/h14-16H,3-13H2,1-2H3/q+1. The van der Waals surface area contributed by atoms with Crippen LogP contribution < -0.4 is 10.6 Å². The van der Waals surface area contributed by atoms with Crippen molar-refractivity contribution in [2.24, 2.45) is 0 Å². The van der Waals surface area contributed by atoms with Gasteiger partial charge in [-0.15, -0.1) is 0 Å². The Morgan fingerprint density at radius 2 is 1.78 bits per heavy atom. The Kier molecular flexibility index (Phi) is 5.42. The van der Waals surface area contributed by atoms with Crippen molar-refractivity contribution in [1.29, 1.82) is 0 Å². The van der Waals surface area contributed by atoms with Gasteiger partial charge >= 0.3 is 0 Å². The van der Waals surface area contributed by atoms with E-state index >= 15 is 0 Å². The van der Waals surface area contributed by atoms with Crippen LogP contribution in [0.25, 0.3) is 0 Å². The number of likely N-dealkylation sites (N-methyl/N-ethyl adjacent to an activating group) is 1. The molecule has 2 rings (SSSR count). The van der Waals surface area contributed by atoms with Gasteiger partial charge in [0, 0.05) is 39.1 Å². The van der Waals surface area contributed by atoms with E-state index < -0.39 is 0 Å². The third-order valence-electron chi connectivity index (χ3n) is 4.96. The summed E-state index contributed by atoms with van der Waals surface area (Å²) < 4.78 is 1.23. The molecule has 2 saturated heterocycles. The molecule has 0 aromatic rings. The normalized spacial score (nSPS) is 40.3. The summed E-state index contributed by atoms with van der Waals surface area (Å²) in [5.74, 6) is 0. The van der Waals surface area contributed by atoms with Crippen LogP contribution in [0.4, 0.5) is 0 Å². The van der Waals surface area contributed by atoms with E-state index in [0.29, 0.717) is 0 Å². The summed E-state index contributed by atoms with van der Waals surface area (Å²) in [6, 6.07) is 0.763. The smallest absolute Gasteiger partial charge is 0.0916 e. The Bertz CT molecular complexity index is 244. The molecule has 2 aliphatic heterocycles. The largest absolute Gasteiger partial charge is 0.322 e. The van der Waals surface area contributed by atoms with E-state index in [1.807, 2.05) is 0 Å². The zero-order valence-corrected chi connectivity index (χ0v) is 12.2. The van der Waals surface area contributed by atoms with Crippen molar-refractivity contribution in [3.05, 3.63) is 0 Å². The van der Waals surface area contributed by atoms with E-state index in [1.165, 1.54) is 69.7 Å². The number of nitrogens with zero attached hydrogens (tertiary/aromatic N) is 2. The lowest BCUT2D eigenvalue weighted by Gasteiger charge is -2.43. The topological polar surface area (TPSA) is 27.3 Å². The lowest BCUT2D eigenvalue weighted by molar-refractivity contribution is -0.930. The number of fused-ring (bicyclic) bond motifs is 3. The zero-order valence-electron chi connectivity index (χ0n) is 12.2. The van der Waals surface area contributed by atoms with Gasteiger partial charge in [0.05, 0.1) is 26.2 Å². The molecule has 0 aliphatic carbocycles. The number of hydrogen-bond acceptors (Lipinski definition) is 3. The number of quaternary nitrogens is 1. The first-order chi connectivity index (χ1) is 8.71. The third-order valence-corrected chi connectivity index (χ3v) is 4.96. The first-order valence-electron chi connectivity index (χ1n) is 7.69. The van der Waals surface area contributed by atoms with Crippen LogP contribution in [0.5, 0.6) is 0 Å². The maximum atomic E-state index is 3.61. The van der Waals surface area contributed by atoms with Gasteiger partial charge in [0.1, 0.15) is 0 Å². The van der Waals surface area contributed by atoms with Crippen molar-refractivity contribution in [3.63, 3.8) is 0 Å². The maximum Gasteiger partial charge on any atom is 0.0916 e. The third kappa shape index (κ3) is 3.92. The molecule has 2 aliphatic rings. The summed E-state index contributed by atoms with van der Waals surface area (Å²) in [7, 11) is 2.45. The van der Waals surface area contributed by atoms with E-state index in [9.17, 15) is 0 Å². The summed E-state index contributed by atoms with van der Waals surface area (Å²) in [4.78, 5) is 2.65. The first-order valence-corrected chi connectivity index (χ1v) is 7.69. The molecule has 0 spiro atoms. The van der Waals surface area contributed by atoms with Gasteiger partial charge in [-0.25, -0.2) is 0 Å². The van der Waals surface area contributed by atoms with Crippen LogP contribution in [0, 0.1) is 0 Å². The molecule has 2 fully saturated rings. The lowest BCUT2D eigenvalue weighted by Crippen LogP contribution is -2.58. The molecule has 18 heavy (non-hydrogen) atoms. The van der Waals surface area contributed by atoms with E-state index in [1.54, 1.807) is 0 Å². The quantitative estimate of drug-likeness (QED) is 0.602. The van der Waals surface area contributed by atoms with Gasteiger partial charge in [-0.3, -0.25) is 4.90 Å². The van der Waals surface area contributed by atoms with E-state index in [-0.39, 0.29) is 0 Å². The van der Waals surface area contributed by atoms with Gasteiger partial charge in [-0.05, 0) is 26.4 Å². The average Bonchev–Trinajstić information content (AvgIpc) is 2.37. The monoisotopic (exact) mass is 255 g/mol. The van der Waals surface area contributed by atoms with Crippen molar-refractivity contribution in [2.45, 2.75) is 25.8 Å². The van der Waals surface area contributed by atoms with Crippen LogP contribution in [0.3, 0.4) is 0 Å². The second kappa shape index (κ2) is 6.85. The van der Waals surface area contributed by atoms with Crippen LogP contribution in [-0.4, -0.2) is 81.4 Å². The van der Waals surface area contributed by atoms with Crippen molar-refractivity contribution in [2.75, 3.05) is 66.0 Å². The van der Waals surface area contributed by atoms with Crippen molar-refractivity contribution in [1.82, 2.24) is 15.5 Å². The molecular formula is C14H31N4+. The Morgan fingerprint density at radius 3 is 2.67 bits per heavy atom. The van der Waals surface area contributed by atoms with Crippen molar-refractivity contribution >= 4 is 0 Å². The molecule has 3 unspecified atom stereocenters. The second-order valence-corrected chi connectivity index (χ2v) is 6.26. The first kappa shape index (κ1) is 14.3. The molecule has 0 aromatic heterocycles. The minimum Gasteiger partial charge on any atom is -0.322 e. The molecular weight excluding hydrogens is 224 g/mol. The van der Waals surface area contributed by atoms with Gasteiger partial charge in [-0.1, -0.05) is 0 Å². The highest BCUT2D eigenvalue weighted by Gasteiger charge is 2.29. The zero-order chi connectivity index (χ0) is 12.8. The van der Waals surface area contributed by atoms with Gasteiger partial charge in [0.2, 0.25) is 0 Å². The highest BCUT2D eigenvalue weighted by molar-refractivity contribution is 4.68. The molecule has 2 bridgehead atoms. The summed E-state index contributed by atoms with van der Waals surface area (Å²) in [5.41, 5.74) is 0. The molecule has 2 N–H and O–H groups in total. The molecule has 106 valence electrons. The molecule has 0 aromatic carbocycles. The van der Waals surface area contributed by atoms with Gasteiger partial charge in [-0.2, -0.15) is 0 Å². The highest BCUT2D eigenvalue weighted by atomic mass is 15.4. The molecule has 4 heteroatoms. The fraction of sp³-hybridized carbons (Fsp3) is 1.00.